The number of aromatic nitrogens is 2. The summed E-state index contributed by atoms with van der Waals surface area (Å²) < 4.78 is 59.2. The minimum absolute atomic E-state index is 0.0169. The van der Waals surface area contributed by atoms with Crippen LogP contribution in [0, 0.1) is 17.1 Å². The SMILES string of the molecule is CC(c1ccc(C(F)(F)F)c(F)c1)n1nc(COCc2ccccc2)c(C#N)c1N. The molecular weight excluding hydrogens is 400 g/mol. The van der Waals surface area contributed by atoms with Gasteiger partial charge >= 0.3 is 6.18 Å². The molecule has 1 atom stereocenters. The maximum Gasteiger partial charge on any atom is 0.419 e. The largest absolute Gasteiger partial charge is 0.419 e. The highest BCUT2D eigenvalue weighted by molar-refractivity contribution is 5.52. The average Bonchev–Trinajstić information content (AvgIpc) is 3.02. The molecule has 156 valence electrons. The summed E-state index contributed by atoms with van der Waals surface area (Å²) in [5.74, 6) is -1.35. The van der Waals surface area contributed by atoms with Crippen molar-refractivity contribution in [3.63, 3.8) is 0 Å². The first-order chi connectivity index (χ1) is 14.2. The standard InChI is InChI=1S/C21H18F4N4O/c1-13(15-7-8-17(18(22)9-15)21(23,24)25)29-20(27)16(10-26)19(28-29)12-30-11-14-5-3-2-4-6-14/h2-9,13H,11-12,27H2,1H3. The van der Waals surface area contributed by atoms with E-state index in [9.17, 15) is 22.8 Å². The molecule has 1 heterocycles. The molecule has 0 aliphatic rings. The molecule has 3 aromatic rings. The summed E-state index contributed by atoms with van der Waals surface area (Å²) in [6.07, 6.45) is -4.78. The van der Waals surface area contributed by atoms with Gasteiger partial charge in [0.25, 0.3) is 0 Å². The predicted molar refractivity (Wildman–Crippen MR) is 102 cm³/mol. The van der Waals surface area contributed by atoms with E-state index in [0.717, 1.165) is 17.7 Å². The number of nitriles is 1. The van der Waals surface area contributed by atoms with Crippen LogP contribution in [0.25, 0.3) is 0 Å². The molecule has 1 aromatic heterocycles. The van der Waals surface area contributed by atoms with Crippen molar-refractivity contribution in [1.29, 1.82) is 5.26 Å². The van der Waals surface area contributed by atoms with Crippen molar-refractivity contribution in [2.75, 3.05) is 5.73 Å². The third-order valence-electron chi connectivity index (χ3n) is 4.63. The number of hydrogen-bond acceptors (Lipinski definition) is 4. The maximum atomic E-state index is 13.9. The van der Waals surface area contributed by atoms with Crippen LogP contribution in [-0.4, -0.2) is 9.78 Å². The Hall–Kier alpha value is -3.38. The highest BCUT2D eigenvalue weighted by Crippen LogP contribution is 2.33. The van der Waals surface area contributed by atoms with Crippen LogP contribution in [0.2, 0.25) is 0 Å². The van der Waals surface area contributed by atoms with Gasteiger partial charge in [0, 0.05) is 0 Å². The molecule has 0 saturated carbocycles. The van der Waals surface area contributed by atoms with Crippen molar-refractivity contribution < 1.29 is 22.3 Å². The predicted octanol–water partition coefficient (Wildman–Crippen LogP) is 4.82. The van der Waals surface area contributed by atoms with Crippen LogP contribution in [0.4, 0.5) is 23.4 Å². The molecule has 0 aliphatic heterocycles. The van der Waals surface area contributed by atoms with E-state index in [2.05, 4.69) is 5.10 Å². The van der Waals surface area contributed by atoms with Gasteiger partial charge in [-0.1, -0.05) is 36.4 Å². The first-order valence-electron chi connectivity index (χ1n) is 8.97. The van der Waals surface area contributed by atoms with E-state index in [4.69, 9.17) is 10.5 Å². The van der Waals surface area contributed by atoms with Gasteiger partial charge in [0.1, 0.15) is 29.0 Å². The molecule has 1 unspecified atom stereocenters. The molecular formula is C21H18F4N4O. The monoisotopic (exact) mass is 418 g/mol. The number of nitrogen functional groups attached to an aromatic ring is 1. The second-order valence-electron chi connectivity index (χ2n) is 6.65. The number of nitrogens with two attached hydrogens (primary N) is 1. The van der Waals surface area contributed by atoms with E-state index in [-0.39, 0.29) is 23.6 Å². The number of nitrogens with zero attached hydrogens (tertiary/aromatic N) is 3. The summed E-state index contributed by atoms with van der Waals surface area (Å²) in [7, 11) is 0. The minimum Gasteiger partial charge on any atom is -0.383 e. The Bertz CT molecular complexity index is 1070. The van der Waals surface area contributed by atoms with Crippen LogP contribution in [0.1, 0.15) is 40.9 Å². The van der Waals surface area contributed by atoms with Crippen LogP contribution in [0.15, 0.2) is 48.5 Å². The zero-order valence-corrected chi connectivity index (χ0v) is 15.9. The summed E-state index contributed by atoms with van der Waals surface area (Å²) in [5.41, 5.74) is 6.26. The summed E-state index contributed by atoms with van der Waals surface area (Å²) >= 11 is 0. The average molecular weight is 418 g/mol. The lowest BCUT2D eigenvalue weighted by Crippen LogP contribution is -2.14. The van der Waals surface area contributed by atoms with Gasteiger partial charge in [0.15, 0.2) is 0 Å². The number of alkyl halides is 3. The normalized spacial score (nSPS) is 12.5. The lowest BCUT2D eigenvalue weighted by atomic mass is 10.1. The molecule has 2 aromatic carbocycles. The number of anilines is 1. The molecule has 0 fully saturated rings. The Kier molecular flexibility index (Phi) is 6.08. The molecule has 0 radical (unpaired) electrons. The molecule has 5 nitrogen and oxygen atoms in total. The molecule has 0 amide bonds. The number of halogens is 4. The number of ether oxygens (including phenoxy) is 1. The Morgan fingerprint density at radius 2 is 1.87 bits per heavy atom. The van der Waals surface area contributed by atoms with Crippen LogP contribution < -0.4 is 5.73 Å². The van der Waals surface area contributed by atoms with Gasteiger partial charge in [-0.2, -0.15) is 23.5 Å². The van der Waals surface area contributed by atoms with Crippen LogP contribution in [0.5, 0.6) is 0 Å². The fourth-order valence-corrected chi connectivity index (χ4v) is 3.02. The lowest BCUT2D eigenvalue weighted by molar-refractivity contribution is -0.140. The maximum absolute atomic E-state index is 13.9. The Morgan fingerprint density at radius 1 is 1.17 bits per heavy atom. The van der Waals surface area contributed by atoms with Gasteiger partial charge in [-0.3, -0.25) is 0 Å². The van der Waals surface area contributed by atoms with E-state index in [1.165, 1.54) is 4.68 Å². The van der Waals surface area contributed by atoms with Crippen LogP contribution >= 0.6 is 0 Å². The summed E-state index contributed by atoms with van der Waals surface area (Å²) in [6, 6.07) is 13.3. The van der Waals surface area contributed by atoms with Crippen molar-refractivity contribution in [2.45, 2.75) is 32.4 Å². The molecule has 3 rings (SSSR count). The number of hydrogen-bond donors (Lipinski definition) is 1. The van der Waals surface area contributed by atoms with E-state index in [1.54, 1.807) is 6.92 Å². The van der Waals surface area contributed by atoms with Crippen molar-refractivity contribution in [3.8, 4) is 6.07 Å². The minimum atomic E-state index is -4.78. The van der Waals surface area contributed by atoms with Crippen molar-refractivity contribution in [2.24, 2.45) is 0 Å². The first-order valence-corrected chi connectivity index (χ1v) is 8.97. The van der Waals surface area contributed by atoms with E-state index in [0.29, 0.717) is 18.4 Å². The van der Waals surface area contributed by atoms with E-state index >= 15 is 0 Å². The molecule has 9 heteroatoms. The molecule has 0 spiro atoms. The van der Waals surface area contributed by atoms with Crippen molar-refractivity contribution in [1.82, 2.24) is 9.78 Å². The van der Waals surface area contributed by atoms with Gasteiger partial charge in [-0.15, -0.1) is 0 Å². The van der Waals surface area contributed by atoms with Gasteiger partial charge < -0.3 is 10.5 Å². The number of benzene rings is 2. The topological polar surface area (TPSA) is 76.9 Å². The quantitative estimate of drug-likeness (QED) is 0.582. The van der Waals surface area contributed by atoms with Gasteiger partial charge in [0.2, 0.25) is 0 Å². The zero-order valence-electron chi connectivity index (χ0n) is 15.9. The molecule has 0 saturated heterocycles. The van der Waals surface area contributed by atoms with Crippen molar-refractivity contribution in [3.05, 3.63) is 82.3 Å². The third kappa shape index (κ3) is 4.44. The fraction of sp³-hybridized carbons (Fsp3) is 0.238. The number of rotatable bonds is 6. The van der Waals surface area contributed by atoms with Crippen LogP contribution in [0.3, 0.4) is 0 Å². The van der Waals surface area contributed by atoms with Gasteiger partial charge in [-0.25, -0.2) is 9.07 Å². The molecule has 2 N–H and O–H groups in total. The first kappa shape index (κ1) is 21.3. The third-order valence-corrected chi connectivity index (χ3v) is 4.63. The Balaban J connectivity index is 1.82. The van der Waals surface area contributed by atoms with E-state index < -0.39 is 23.6 Å². The second-order valence-corrected chi connectivity index (χ2v) is 6.65. The summed E-state index contributed by atoms with van der Waals surface area (Å²) in [4.78, 5) is 0. The second kappa shape index (κ2) is 8.55. The smallest absolute Gasteiger partial charge is 0.383 e. The van der Waals surface area contributed by atoms with Gasteiger partial charge in [-0.05, 0) is 30.2 Å². The molecule has 30 heavy (non-hydrogen) atoms. The summed E-state index contributed by atoms with van der Waals surface area (Å²) in [5, 5.41) is 13.7. The summed E-state index contributed by atoms with van der Waals surface area (Å²) in [6.45, 7) is 1.92. The molecule has 0 aliphatic carbocycles. The highest BCUT2D eigenvalue weighted by atomic mass is 19.4. The highest BCUT2D eigenvalue weighted by Gasteiger charge is 2.34. The Labute approximate surface area is 170 Å². The van der Waals surface area contributed by atoms with Crippen LogP contribution in [-0.2, 0) is 24.1 Å². The van der Waals surface area contributed by atoms with E-state index in [1.807, 2.05) is 36.4 Å². The van der Waals surface area contributed by atoms with Gasteiger partial charge in [0.05, 0.1) is 24.8 Å². The fourth-order valence-electron chi connectivity index (χ4n) is 3.02. The lowest BCUT2D eigenvalue weighted by Gasteiger charge is -2.16. The molecule has 0 bridgehead atoms. The zero-order chi connectivity index (χ0) is 21.9. The Morgan fingerprint density at radius 3 is 2.47 bits per heavy atom. The van der Waals surface area contributed by atoms with Crippen molar-refractivity contribution >= 4 is 5.82 Å².